The number of nitrogens with two attached hydrogens (primary N) is 3. The number of halogens is 1. The topological polar surface area (TPSA) is 153 Å². The summed E-state index contributed by atoms with van der Waals surface area (Å²) in [5.74, 6) is -2.50. The Balaban J connectivity index is 1.42. The SMILES string of the molecule is NCC1(N=CC(C(N)=O)C(N)=Nc2ccnc(F)c2)CCN(Cc2cn3ccccc3n2)CC1. The Labute approximate surface area is 196 Å². The van der Waals surface area contributed by atoms with Crippen molar-refractivity contribution in [3.63, 3.8) is 0 Å². The number of carbonyl (C=O) groups excluding carboxylic acids is 1. The van der Waals surface area contributed by atoms with Crippen LogP contribution in [0.2, 0.25) is 0 Å². The summed E-state index contributed by atoms with van der Waals surface area (Å²) in [5.41, 5.74) is 19.3. The van der Waals surface area contributed by atoms with E-state index >= 15 is 0 Å². The highest BCUT2D eigenvalue weighted by molar-refractivity contribution is 6.14. The first-order chi connectivity index (χ1) is 16.4. The van der Waals surface area contributed by atoms with Gasteiger partial charge in [0.05, 0.1) is 16.9 Å². The summed E-state index contributed by atoms with van der Waals surface area (Å²) >= 11 is 0. The molecule has 0 bridgehead atoms. The van der Waals surface area contributed by atoms with Crippen molar-refractivity contribution >= 4 is 29.3 Å². The van der Waals surface area contributed by atoms with Crippen LogP contribution in [-0.4, -0.2) is 62.4 Å². The summed E-state index contributed by atoms with van der Waals surface area (Å²) in [5, 5.41) is 0. The number of nitrogens with zero attached hydrogens (tertiary/aromatic N) is 6. The van der Waals surface area contributed by atoms with E-state index in [1.54, 1.807) is 0 Å². The van der Waals surface area contributed by atoms with Crippen LogP contribution >= 0.6 is 0 Å². The fraction of sp³-hybridized carbons (Fsp3) is 0.348. The van der Waals surface area contributed by atoms with Crippen molar-refractivity contribution in [2.45, 2.75) is 24.9 Å². The molecule has 1 fully saturated rings. The number of hydrogen-bond acceptors (Lipinski definition) is 7. The fourth-order valence-electron chi connectivity index (χ4n) is 4.01. The number of amidine groups is 1. The first-order valence-corrected chi connectivity index (χ1v) is 11.0. The van der Waals surface area contributed by atoms with E-state index in [1.807, 2.05) is 35.0 Å². The molecule has 1 aliphatic rings. The summed E-state index contributed by atoms with van der Waals surface area (Å²) < 4.78 is 15.3. The number of pyridine rings is 2. The standard InChI is InChI=1S/C23H28FN9O/c24-19-11-16(4-7-28-19)31-21(26)18(22(27)34)12-29-23(15-25)5-9-32(10-6-23)13-17-14-33-8-2-1-3-20(33)30-17/h1-4,7-8,11-12,14,18H,5-6,9-10,13,15,25H2,(H2,27,34)(H2,26,28,31). The second-order valence-electron chi connectivity index (χ2n) is 8.43. The van der Waals surface area contributed by atoms with Gasteiger partial charge in [-0.15, -0.1) is 0 Å². The molecular weight excluding hydrogens is 437 g/mol. The van der Waals surface area contributed by atoms with Crippen molar-refractivity contribution in [1.29, 1.82) is 0 Å². The van der Waals surface area contributed by atoms with Crippen LogP contribution < -0.4 is 17.2 Å². The molecule has 10 nitrogen and oxygen atoms in total. The van der Waals surface area contributed by atoms with Crippen LogP contribution in [0.1, 0.15) is 18.5 Å². The predicted molar refractivity (Wildman–Crippen MR) is 128 cm³/mol. The maximum Gasteiger partial charge on any atom is 0.233 e. The molecule has 11 heteroatoms. The number of hydrogen-bond donors (Lipinski definition) is 3. The first-order valence-electron chi connectivity index (χ1n) is 11.0. The van der Waals surface area contributed by atoms with Gasteiger partial charge in [0.25, 0.3) is 0 Å². The van der Waals surface area contributed by atoms with E-state index in [9.17, 15) is 9.18 Å². The van der Waals surface area contributed by atoms with Crippen LogP contribution in [0.25, 0.3) is 5.65 Å². The largest absolute Gasteiger partial charge is 0.386 e. The number of rotatable bonds is 8. The molecule has 6 N–H and O–H groups in total. The third kappa shape index (κ3) is 5.43. The van der Waals surface area contributed by atoms with Crippen LogP contribution in [0, 0.1) is 11.9 Å². The average Bonchev–Trinajstić information content (AvgIpc) is 3.22. The number of amides is 1. The molecule has 1 atom stereocenters. The lowest BCUT2D eigenvalue weighted by Crippen LogP contribution is -2.48. The molecule has 1 amide bonds. The van der Waals surface area contributed by atoms with Crippen molar-refractivity contribution in [3.8, 4) is 0 Å². The minimum atomic E-state index is -1.03. The number of imidazole rings is 1. The molecule has 34 heavy (non-hydrogen) atoms. The number of piperidine rings is 1. The number of aromatic nitrogens is 3. The Hall–Kier alpha value is -3.70. The molecule has 178 valence electrons. The summed E-state index contributed by atoms with van der Waals surface area (Å²) in [6.07, 6.45) is 8.12. The van der Waals surface area contributed by atoms with E-state index in [4.69, 9.17) is 17.2 Å². The second kappa shape index (κ2) is 10.1. The Morgan fingerprint density at radius 3 is 2.74 bits per heavy atom. The Morgan fingerprint density at radius 1 is 1.26 bits per heavy atom. The summed E-state index contributed by atoms with van der Waals surface area (Å²) in [6, 6.07) is 8.50. The van der Waals surface area contributed by atoms with E-state index in [-0.39, 0.29) is 11.5 Å². The molecular formula is C23H28FN9O. The first kappa shape index (κ1) is 23.5. The van der Waals surface area contributed by atoms with E-state index in [0.717, 1.165) is 37.0 Å². The highest BCUT2D eigenvalue weighted by Crippen LogP contribution is 2.26. The van der Waals surface area contributed by atoms with Crippen LogP contribution in [0.3, 0.4) is 0 Å². The van der Waals surface area contributed by atoms with Crippen molar-refractivity contribution < 1.29 is 9.18 Å². The summed E-state index contributed by atoms with van der Waals surface area (Å²) in [4.78, 5) is 31.2. The maximum absolute atomic E-state index is 13.3. The molecule has 0 spiro atoms. The van der Waals surface area contributed by atoms with Gasteiger partial charge in [0.1, 0.15) is 17.4 Å². The number of aliphatic imine (C=N–C) groups is 2. The zero-order valence-electron chi connectivity index (χ0n) is 18.7. The van der Waals surface area contributed by atoms with E-state index in [2.05, 4.69) is 24.9 Å². The number of carbonyl (C=O) groups is 1. The van der Waals surface area contributed by atoms with Crippen LogP contribution in [0.5, 0.6) is 0 Å². The molecule has 4 rings (SSSR count). The summed E-state index contributed by atoms with van der Waals surface area (Å²) in [6.45, 7) is 2.62. The van der Waals surface area contributed by atoms with Crippen LogP contribution in [0.15, 0.2) is 58.9 Å². The lowest BCUT2D eigenvalue weighted by atomic mass is 9.88. The summed E-state index contributed by atoms with van der Waals surface area (Å²) in [7, 11) is 0. The average molecular weight is 466 g/mol. The van der Waals surface area contributed by atoms with Gasteiger partial charge in [0.2, 0.25) is 11.9 Å². The van der Waals surface area contributed by atoms with E-state index in [1.165, 1.54) is 18.5 Å². The lowest BCUT2D eigenvalue weighted by molar-refractivity contribution is -0.118. The molecule has 1 aliphatic heterocycles. The Bertz CT molecular complexity index is 1180. The molecule has 3 aromatic rings. The van der Waals surface area contributed by atoms with Gasteiger partial charge in [-0.25, -0.2) is 15.0 Å². The molecule has 1 unspecified atom stereocenters. The Morgan fingerprint density at radius 2 is 2.06 bits per heavy atom. The molecule has 0 radical (unpaired) electrons. The van der Waals surface area contributed by atoms with Gasteiger partial charge < -0.3 is 21.6 Å². The van der Waals surface area contributed by atoms with Gasteiger partial charge in [-0.3, -0.25) is 14.7 Å². The normalized spacial score (nSPS) is 17.9. The van der Waals surface area contributed by atoms with Gasteiger partial charge in [0, 0.05) is 57.1 Å². The fourth-order valence-corrected chi connectivity index (χ4v) is 4.01. The van der Waals surface area contributed by atoms with Crippen molar-refractivity contribution in [2.75, 3.05) is 19.6 Å². The number of fused-ring (bicyclic) bond motifs is 1. The highest BCUT2D eigenvalue weighted by atomic mass is 19.1. The van der Waals surface area contributed by atoms with E-state index in [0.29, 0.717) is 19.4 Å². The third-order valence-electron chi connectivity index (χ3n) is 6.06. The molecule has 1 saturated heterocycles. The maximum atomic E-state index is 13.3. The predicted octanol–water partition coefficient (Wildman–Crippen LogP) is 1.02. The van der Waals surface area contributed by atoms with E-state index < -0.39 is 23.3 Å². The van der Waals surface area contributed by atoms with Crippen LogP contribution in [0.4, 0.5) is 10.1 Å². The van der Waals surface area contributed by atoms with Crippen molar-refractivity contribution in [2.24, 2.45) is 33.1 Å². The van der Waals surface area contributed by atoms with Gasteiger partial charge in [-0.1, -0.05) is 6.07 Å². The molecule has 0 saturated carbocycles. The Kier molecular flexibility index (Phi) is 6.94. The molecule has 4 heterocycles. The second-order valence-corrected chi connectivity index (χ2v) is 8.43. The van der Waals surface area contributed by atoms with Crippen LogP contribution in [-0.2, 0) is 11.3 Å². The van der Waals surface area contributed by atoms with Gasteiger partial charge in [-0.2, -0.15) is 4.39 Å². The number of likely N-dealkylation sites (tertiary alicyclic amines) is 1. The zero-order valence-corrected chi connectivity index (χ0v) is 18.7. The zero-order chi connectivity index (χ0) is 24.1. The van der Waals surface area contributed by atoms with Crippen molar-refractivity contribution in [1.82, 2.24) is 19.3 Å². The minimum absolute atomic E-state index is 0.0710. The highest BCUT2D eigenvalue weighted by Gasteiger charge is 2.33. The lowest BCUT2D eigenvalue weighted by Gasteiger charge is -2.38. The molecule has 0 aromatic carbocycles. The quantitative estimate of drug-likeness (QED) is 0.256. The molecule has 0 aliphatic carbocycles. The smallest absolute Gasteiger partial charge is 0.233 e. The van der Waals surface area contributed by atoms with Gasteiger partial charge in [0.15, 0.2) is 0 Å². The number of primary amides is 1. The van der Waals surface area contributed by atoms with Gasteiger partial charge >= 0.3 is 0 Å². The molecule has 3 aromatic heterocycles. The monoisotopic (exact) mass is 465 g/mol. The van der Waals surface area contributed by atoms with Gasteiger partial charge in [-0.05, 0) is 31.0 Å². The van der Waals surface area contributed by atoms with Crippen molar-refractivity contribution in [3.05, 3.63) is 60.6 Å². The minimum Gasteiger partial charge on any atom is -0.386 e. The third-order valence-corrected chi connectivity index (χ3v) is 6.06.